The third kappa shape index (κ3) is 5.55. The van der Waals surface area contributed by atoms with Gasteiger partial charge >= 0.3 is 6.18 Å². The summed E-state index contributed by atoms with van der Waals surface area (Å²) in [6, 6.07) is 1.73. The van der Waals surface area contributed by atoms with Crippen molar-refractivity contribution in [3.05, 3.63) is 47.0 Å². The van der Waals surface area contributed by atoms with Crippen molar-refractivity contribution in [2.45, 2.75) is 70.4 Å². The Balaban J connectivity index is 1.93. The van der Waals surface area contributed by atoms with Crippen LogP contribution in [0.15, 0.2) is 24.3 Å². The molecule has 0 aliphatic heterocycles. The van der Waals surface area contributed by atoms with Crippen LogP contribution in [-0.4, -0.2) is 0 Å². The third-order valence-corrected chi connectivity index (χ3v) is 5.03. The summed E-state index contributed by atoms with van der Waals surface area (Å²) in [6.45, 7) is 2.14. The highest BCUT2D eigenvalue weighted by Crippen LogP contribution is 2.40. The van der Waals surface area contributed by atoms with Gasteiger partial charge in [0.2, 0.25) is 0 Å². The highest BCUT2D eigenvalue weighted by atomic mass is 19.4. The van der Waals surface area contributed by atoms with Crippen LogP contribution in [0, 0.1) is 17.6 Å². The smallest absolute Gasteiger partial charge is 0.206 e. The van der Waals surface area contributed by atoms with Gasteiger partial charge in [-0.25, -0.2) is 8.78 Å². The third-order valence-electron chi connectivity index (χ3n) is 5.03. The zero-order valence-electron chi connectivity index (χ0n) is 14.5. The summed E-state index contributed by atoms with van der Waals surface area (Å²) in [5.74, 6) is -2.48. The summed E-state index contributed by atoms with van der Waals surface area (Å²) in [5, 5.41) is 0. The molecule has 1 aromatic carbocycles. The summed E-state index contributed by atoms with van der Waals surface area (Å²) in [4.78, 5) is 0. The number of hydrogen-bond donors (Lipinski definition) is 0. The van der Waals surface area contributed by atoms with E-state index in [0.29, 0.717) is 11.5 Å². The first-order valence-corrected chi connectivity index (χ1v) is 9.04. The number of allylic oxidation sites excluding steroid dienone is 2. The Morgan fingerprint density at radius 1 is 0.960 bits per heavy atom. The van der Waals surface area contributed by atoms with Crippen LogP contribution in [0.25, 0.3) is 0 Å². The van der Waals surface area contributed by atoms with Gasteiger partial charge in [-0.15, -0.1) is 0 Å². The van der Waals surface area contributed by atoms with Gasteiger partial charge < -0.3 is 0 Å². The van der Waals surface area contributed by atoms with Crippen molar-refractivity contribution < 1.29 is 22.0 Å². The first kappa shape index (κ1) is 19.9. The van der Waals surface area contributed by atoms with Gasteiger partial charge in [0.15, 0.2) is 0 Å². The van der Waals surface area contributed by atoms with Gasteiger partial charge in [-0.2, -0.15) is 13.2 Å². The molecule has 140 valence electrons. The van der Waals surface area contributed by atoms with E-state index in [2.05, 4.69) is 19.1 Å². The molecule has 0 bridgehead atoms. The summed E-state index contributed by atoms with van der Waals surface area (Å²) in [6.07, 6.45) is 7.22. The van der Waals surface area contributed by atoms with E-state index >= 15 is 0 Å². The molecule has 1 fully saturated rings. The van der Waals surface area contributed by atoms with E-state index in [1.165, 1.54) is 0 Å². The lowest BCUT2D eigenvalue weighted by molar-refractivity contribution is -0.142. The fourth-order valence-electron chi connectivity index (χ4n) is 3.62. The molecule has 1 aromatic rings. The number of alkyl halides is 3. The molecule has 0 N–H and O–H groups in total. The van der Waals surface area contributed by atoms with Crippen molar-refractivity contribution in [3.63, 3.8) is 0 Å². The standard InChI is InChI=1S/C20H25F5/c1-2-3-4-5-6-7-14-8-10-15(11-9-14)16-12-17(21)19(18(22)13-16)20(23,24)25/h4-5,12-15H,2-3,6-11H2,1H3/b5-4+/t14-,15-. The number of halogens is 5. The fraction of sp³-hybridized carbons (Fsp3) is 0.600. The minimum Gasteiger partial charge on any atom is -0.206 e. The van der Waals surface area contributed by atoms with Crippen molar-refractivity contribution >= 4 is 0 Å². The number of rotatable bonds is 6. The molecular weight excluding hydrogens is 335 g/mol. The Morgan fingerprint density at radius 3 is 2.04 bits per heavy atom. The van der Waals surface area contributed by atoms with E-state index in [9.17, 15) is 22.0 Å². The van der Waals surface area contributed by atoms with Crippen molar-refractivity contribution in [2.75, 3.05) is 0 Å². The van der Waals surface area contributed by atoms with Gasteiger partial charge in [0.1, 0.15) is 17.2 Å². The van der Waals surface area contributed by atoms with Crippen LogP contribution in [0.2, 0.25) is 0 Å². The lowest BCUT2D eigenvalue weighted by Gasteiger charge is -2.29. The van der Waals surface area contributed by atoms with E-state index in [1.54, 1.807) is 0 Å². The molecule has 1 aliphatic rings. The Hall–Kier alpha value is -1.39. The quantitative estimate of drug-likeness (QED) is 0.366. The lowest BCUT2D eigenvalue weighted by atomic mass is 9.77. The molecule has 5 heteroatoms. The van der Waals surface area contributed by atoms with E-state index < -0.39 is 23.4 Å². The van der Waals surface area contributed by atoms with E-state index in [-0.39, 0.29) is 5.92 Å². The van der Waals surface area contributed by atoms with Crippen LogP contribution in [0.5, 0.6) is 0 Å². The highest BCUT2D eigenvalue weighted by Gasteiger charge is 2.38. The molecule has 0 spiro atoms. The monoisotopic (exact) mass is 360 g/mol. The minimum absolute atomic E-state index is 0.0573. The molecule has 0 heterocycles. The van der Waals surface area contributed by atoms with Gasteiger partial charge in [0, 0.05) is 0 Å². The molecule has 0 atom stereocenters. The largest absolute Gasteiger partial charge is 0.422 e. The molecule has 0 saturated heterocycles. The average molecular weight is 360 g/mol. The lowest BCUT2D eigenvalue weighted by Crippen LogP contribution is -2.16. The number of benzene rings is 1. The van der Waals surface area contributed by atoms with Crippen LogP contribution < -0.4 is 0 Å². The SMILES string of the molecule is CCC/C=C/CC[C@H]1CC[C@H](c2cc(F)c(C(F)(F)F)c(F)c2)CC1. The molecule has 0 radical (unpaired) electrons. The van der Waals surface area contributed by atoms with Gasteiger partial charge in [-0.3, -0.25) is 0 Å². The van der Waals surface area contributed by atoms with Crippen molar-refractivity contribution in [1.29, 1.82) is 0 Å². The van der Waals surface area contributed by atoms with Crippen molar-refractivity contribution in [2.24, 2.45) is 5.92 Å². The molecule has 0 amide bonds. The van der Waals surface area contributed by atoms with Gasteiger partial charge in [-0.1, -0.05) is 25.5 Å². The number of hydrogen-bond acceptors (Lipinski definition) is 0. The predicted molar refractivity (Wildman–Crippen MR) is 89.3 cm³/mol. The Bertz CT molecular complexity index is 557. The summed E-state index contributed by atoms with van der Waals surface area (Å²) in [5.41, 5.74) is -1.44. The molecule has 0 nitrogen and oxygen atoms in total. The highest BCUT2D eigenvalue weighted by molar-refractivity contribution is 5.30. The first-order chi connectivity index (χ1) is 11.8. The maximum absolute atomic E-state index is 13.7. The first-order valence-electron chi connectivity index (χ1n) is 9.04. The molecule has 25 heavy (non-hydrogen) atoms. The summed E-state index contributed by atoms with van der Waals surface area (Å²) < 4.78 is 65.4. The maximum atomic E-state index is 13.7. The van der Waals surface area contributed by atoms with Crippen molar-refractivity contribution in [3.8, 4) is 0 Å². The van der Waals surface area contributed by atoms with Crippen molar-refractivity contribution in [1.82, 2.24) is 0 Å². The molecule has 1 saturated carbocycles. The fourth-order valence-corrected chi connectivity index (χ4v) is 3.62. The van der Waals surface area contributed by atoms with Crippen LogP contribution in [0.4, 0.5) is 22.0 Å². The van der Waals surface area contributed by atoms with Gasteiger partial charge in [-0.05, 0) is 74.5 Å². The van der Waals surface area contributed by atoms with E-state index in [4.69, 9.17) is 0 Å². The van der Waals surface area contributed by atoms with Gasteiger partial charge in [0.05, 0.1) is 0 Å². The van der Waals surface area contributed by atoms with Crippen LogP contribution in [0.1, 0.15) is 75.3 Å². The Labute approximate surface area is 146 Å². The van der Waals surface area contributed by atoms with Gasteiger partial charge in [0.25, 0.3) is 0 Å². The van der Waals surface area contributed by atoms with E-state index in [1.807, 2.05) is 0 Å². The minimum atomic E-state index is -5.00. The van der Waals surface area contributed by atoms with Crippen LogP contribution >= 0.6 is 0 Å². The topological polar surface area (TPSA) is 0 Å². The second kappa shape index (κ2) is 8.81. The Morgan fingerprint density at radius 2 is 1.52 bits per heavy atom. The molecule has 1 aliphatic carbocycles. The molecule has 0 unspecified atom stereocenters. The van der Waals surface area contributed by atoms with E-state index in [0.717, 1.165) is 63.5 Å². The second-order valence-electron chi connectivity index (χ2n) is 6.91. The van der Waals surface area contributed by atoms with Crippen LogP contribution in [-0.2, 0) is 6.18 Å². The predicted octanol–water partition coefficient (Wildman–Crippen LogP) is 7.39. The molecule has 0 aromatic heterocycles. The Kier molecular flexibility index (Phi) is 7.03. The summed E-state index contributed by atoms with van der Waals surface area (Å²) >= 11 is 0. The van der Waals surface area contributed by atoms with Crippen LogP contribution in [0.3, 0.4) is 0 Å². The normalized spacial score (nSPS) is 21.8. The molecular formula is C20H25F5. The molecule has 2 rings (SSSR count). The number of unbranched alkanes of at least 4 members (excludes halogenated alkanes) is 1. The average Bonchev–Trinajstić information content (AvgIpc) is 2.53. The summed E-state index contributed by atoms with van der Waals surface area (Å²) in [7, 11) is 0. The second-order valence-corrected chi connectivity index (χ2v) is 6.91. The maximum Gasteiger partial charge on any atom is 0.422 e. The zero-order valence-corrected chi connectivity index (χ0v) is 14.5. The zero-order chi connectivity index (χ0) is 18.4.